The van der Waals surface area contributed by atoms with E-state index in [-0.39, 0.29) is 12.4 Å². The molecule has 9 heteroatoms. The van der Waals surface area contributed by atoms with Gasteiger partial charge in [-0.3, -0.25) is 4.90 Å². The molecule has 1 aromatic heterocycles. The maximum absolute atomic E-state index is 12.5. The number of piperazine rings is 1. The minimum atomic E-state index is -3.36. The fourth-order valence-electron chi connectivity index (χ4n) is 2.82. The molecular formula is C12H19Cl2N3O2S2. The van der Waals surface area contributed by atoms with Gasteiger partial charge in [-0.25, -0.2) is 8.42 Å². The van der Waals surface area contributed by atoms with Gasteiger partial charge in [-0.2, -0.15) is 4.31 Å². The van der Waals surface area contributed by atoms with Gasteiger partial charge in [-0.05, 0) is 25.1 Å². The zero-order valence-corrected chi connectivity index (χ0v) is 14.7. The fraction of sp³-hybridized carbons (Fsp3) is 0.667. The van der Waals surface area contributed by atoms with E-state index >= 15 is 0 Å². The highest BCUT2D eigenvalue weighted by molar-refractivity contribution is 7.91. The third kappa shape index (κ3) is 3.72. The second kappa shape index (κ2) is 7.12. The molecular weight excluding hydrogens is 353 g/mol. The Kier molecular flexibility index (Phi) is 5.92. The van der Waals surface area contributed by atoms with Crippen LogP contribution in [0.5, 0.6) is 0 Å². The monoisotopic (exact) mass is 371 g/mol. The van der Waals surface area contributed by atoms with Gasteiger partial charge < -0.3 is 5.32 Å². The first-order valence-corrected chi connectivity index (χ1v) is 9.41. The zero-order valence-electron chi connectivity index (χ0n) is 11.5. The van der Waals surface area contributed by atoms with Gasteiger partial charge in [-0.1, -0.05) is 11.6 Å². The standard InChI is InChI=1S/C12H18ClN3O2S2.ClH/c13-11-1-2-12(19-11)20(17,18)16-7-5-15(6-8-16)10-3-4-14-9-10;/h1-2,10,14H,3-9H2;1H. The van der Waals surface area contributed by atoms with Crippen molar-refractivity contribution in [2.45, 2.75) is 16.7 Å². The molecule has 1 aromatic rings. The number of nitrogens with zero attached hydrogens (tertiary/aromatic N) is 2. The van der Waals surface area contributed by atoms with Crippen LogP contribution in [-0.2, 0) is 10.0 Å². The van der Waals surface area contributed by atoms with E-state index < -0.39 is 10.0 Å². The molecule has 0 amide bonds. The van der Waals surface area contributed by atoms with Gasteiger partial charge in [-0.15, -0.1) is 23.7 Å². The molecule has 1 unspecified atom stereocenters. The van der Waals surface area contributed by atoms with Crippen LogP contribution in [0.1, 0.15) is 6.42 Å². The summed E-state index contributed by atoms with van der Waals surface area (Å²) in [5.74, 6) is 0. The third-order valence-corrected chi connectivity index (χ3v) is 7.56. The average Bonchev–Trinajstić information content (AvgIpc) is 3.10. The molecule has 1 atom stereocenters. The van der Waals surface area contributed by atoms with E-state index in [9.17, 15) is 8.42 Å². The second-order valence-corrected chi connectivity index (χ2v) is 9.03. The van der Waals surface area contributed by atoms with E-state index in [2.05, 4.69) is 10.2 Å². The van der Waals surface area contributed by atoms with Crippen LogP contribution < -0.4 is 5.32 Å². The van der Waals surface area contributed by atoms with Crippen molar-refractivity contribution in [1.29, 1.82) is 0 Å². The maximum Gasteiger partial charge on any atom is 0.252 e. The summed E-state index contributed by atoms with van der Waals surface area (Å²) in [7, 11) is -3.36. The molecule has 0 spiro atoms. The summed E-state index contributed by atoms with van der Waals surface area (Å²) >= 11 is 6.96. The lowest BCUT2D eigenvalue weighted by Crippen LogP contribution is -2.52. The first kappa shape index (κ1) is 17.5. The number of sulfonamides is 1. The number of thiophene rings is 1. The molecule has 0 aliphatic carbocycles. The van der Waals surface area contributed by atoms with Gasteiger partial charge in [0.05, 0.1) is 4.34 Å². The first-order valence-electron chi connectivity index (χ1n) is 6.77. The number of hydrogen-bond donors (Lipinski definition) is 1. The average molecular weight is 372 g/mol. The molecule has 0 bridgehead atoms. The lowest BCUT2D eigenvalue weighted by atomic mass is 10.2. The molecule has 120 valence electrons. The lowest BCUT2D eigenvalue weighted by molar-refractivity contribution is 0.145. The normalized spacial score (nSPS) is 24.9. The van der Waals surface area contributed by atoms with Gasteiger partial charge in [0, 0.05) is 38.8 Å². The van der Waals surface area contributed by atoms with Crippen LogP contribution in [0.15, 0.2) is 16.3 Å². The Labute approximate surface area is 140 Å². The highest BCUT2D eigenvalue weighted by atomic mass is 35.5. The van der Waals surface area contributed by atoms with Gasteiger partial charge in [0.15, 0.2) is 0 Å². The van der Waals surface area contributed by atoms with Crippen molar-refractivity contribution in [3.63, 3.8) is 0 Å². The molecule has 0 saturated carbocycles. The maximum atomic E-state index is 12.5. The zero-order chi connectivity index (χ0) is 14.2. The Hall–Kier alpha value is 0.110. The predicted molar refractivity (Wildman–Crippen MR) is 88.2 cm³/mol. The van der Waals surface area contributed by atoms with Crippen LogP contribution in [0.4, 0.5) is 0 Å². The van der Waals surface area contributed by atoms with Crippen molar-refractivity contribution < 1.29 is 8.42 Å². The highest BCUT2D eigenvalue weighted by Crippen LogP contribution is 2.28. The highest BCUT2D eigenvalue weighted by Gasteiger charge is 2.32. The first-order chi connectivity index (χ1) is 9.57. The molecule has 3 rings (SSSR count). The van der Waals surface area contributed by atoms with Crippen molar-refractivity contribution in [3.8, 4) is 0 Å². The van der Waals surface area contributed by atoms with E-state index in [1.807, 2.05) is 0 Å². The van der Waals surface area contributed by atoms with E-state index in [1.54, 1.807) is 16.4 Å². The number of rotatable bonds is 3. The molecule has 3 heterocycles. The summed E-state index contributed by atoms with van der Waals surface area (Å²) in [6.07, 6.45) is 1.16. The Bertz CT molecular complexity index is 565. The summed E-state index contributed by atoms with van der Waals surface area (Å²) in [5.41, 5.74) is 0. The summed E-state index contributed by atoms with van der Waals surface area (Å²) in [4.78, 5) is 2.40. The molecule has 0 radical (unpaired) electrons. The van der Waals surface area contributed by atoms with Crippen molar-refractivity contribution in [1.82, 2.24) is 14.5 Å². The van der Waals surface area contributed by atoms with E-state index in [4.69, 9.17) is 11.6 Å². The largest absolute Gasteiger partial charge is 0.315 e. The number of halogens is 2. The van der Waals surface area contributed by atoms with E-state index in [0.29, 0.717) is 27.7 Å². The molecule has 2 aliphatic heterocycles. The third-order valence-electron chi connectivity index (χ3n) is 3.97. The molecule has 1 N–H and O–H groups in total. The van der Waals surface area contributed by atoms with Crippen molar-refractivity contribution in [2.24, 2.45) is 0 Å². The van der Waals surface area contributed by atoms with E-state index in [1.165, 1.54) is 0 Å². The van der Waals surface area contributed by atoms with Crippen molar-refractivity contribution >= 4 is 45.4 Å². The SMILES string of the molecule is Cl.O=S(=O)(c1ccc(Cl)s1)N1CCN(C2CCNC2)CC1. The van der Waals surface area contributed by atoms with Crippen LogP contribution >= 0.6 is 35.3 Å². The minimum Gasteiger partial charge on any atom is -0.315 e. The molecule has 2 saturated heterocycles. The second-order valence-electron chi connectivity index (χ2n) is 5.15. The molecule has 2 aliphatic rings. The summed E-state index contributed by atoms with van der Waals surface area (Å²) in [5, 5.41) is 3.35. The molecule has 21 heavy (non-hydrogen) atoms. The Morgan fingerprint density at radius 2 is 1.95 bits per heavy atom. The summed E-state index contributed by atoms with van der Waals surface area (Å²) in [6, 6.07) is 3.80. The Morgan fingerprint density at radius 1 is 1.24 bits per heavy atom. The Morgan fingerprint density at radius 3 is 2.48 bits per heavy atom. The summed E-state index contributed by atoms with van der Waals surface area (Å²) < 4.78 is 27.4. The van der Waals surface area contributed by atoms with Crippen LogP contribution in [0.2, 0.25) is 4.34 Å². The van der Waals surface area contributed by atoms with Crippen LogP contribution in [0, 0.1) is 0 Å². The number of nitrogens with one attached hydrogen (secondary N) is 1. The van der Waals surface area contributed by atoms with E-state index in [0.717, 1.165) is 43.9 Å². The van der Waals surface area contributed by atoms with Crippen LogP contribution in [0.25, 0.3) is 0 Å². The number of hydrogen-bond acceptors (Lipinski definition) is 5. The molecule has 0 aromatic carbocycles. The van der Waals surface area contributed by atoms with Crippen LogP contribution in [0.3, 0.4) is 0 Å². The minimum absolute atomic E-state index is 0. The van der Waals surface area contributed by atoms with Crippen molar-refractivity contribution in [2.75, 3.05) is 39.3 Å². The van der Waals surface area contributed by atoms with Crippen molar-refractivity contribution in [3.05, 3.63) is 16.5 Å². The smallest absolute Gasteiger partial charge is 0.252 e. The van der Waals surface area contributed by atoms with Crippen LogP contribution in [-0.4, -0.2) is 62.9 Å². The lowest BCUT2D eigenvalue weighted by Gasteiger charge is -2.36. The van der Waals surface area contributed by atoms with Gasteiger partial charge >= 0.3 is 0 Å². The van der Waals surface area contributed by atoms with Gasteiger partial charge in [0.1, 0.15) is 4.21 Å². The van der Waals surface area contributed by atoms with Gasteiger partial charge in [0.25, 0.3) is 10.0 Å². The fourth-order valence-corrected chi connectivity index (χ4v) is 5.88. The quantitative estimate of drug-likeness (QED) is 0.874. The Balaban J connectivity index is 0.00000161. The predicted octanol–water partition coefficient (Wildman–Crippen LogP) is 1.49. The summed E-state index contributed by atoms with van der Waals surface area (Å²) in [6.45, 7) is 4.84. The topological polar surface area (TPSA) is 52.7 Å². The van der Waals surface area contributed by atoms with Gasteiger partial charge in [0.2, 0.25) is 0 Å². The molecule has 2 fully saturated rings. The molecule has 5 nitrogen and oxygen atoms in total.